The fraction of sp³-hybridized carbons (Fsp3) is 0.364. The summed E-state index contributed by atoms with van der Waals surface area (Å²) in [6.07, 6.45) is 10.5. The standard InChI is InChI=1S/C22H22N4O3S/c23-11-18-17-7-3-15(13-29-22(28)25-16-5-6-16)10-19(17)30-21(18)26-20(27)8-4-14-2-1-9-24-12-14/h1-2,4,8-9,12,15-16H,3,5-7,10,13H2,(H,25,28)(H,26,27)/b8-4+. The first-order valence-electron chi connectivity index (χ1n) is 9.99. The highest BCUT2D eigenvalue weighted by Crippen LogP contribution is 2.39. The highest BCUT2D eigenvalue weighted by Gasteiger charge is 2.28. The van der Waals surface area contributed by atoms with E-state index >= 15 is 0 Å². The van der Waals surface area contributed by atoms with Gasteiger partial charge in [0.25, 0.3) is 0 Å². The molecule has 30 heavy (non-hydrogen) atoms. The molecule has 0 saturated heterocycles. The Hall–Kier alpha value is -3.18. The van der Waals surface area contributed by atoms with Crippen molar-refractivity contribution in [3.05, 3.63) is 52.2 Å². The zero-order valence-electron chi connectivity index (χ0n) is 16.4. The van der Waals surface area contributed by atoms with Crippen LogP contribution in [0.1, 0.15) is 40.8 Å². The molecule has 2 aliphatic carbocycles. The maximum absolute atomic E-state index is 12.3. The lowest BCUT2D eigenvalue weighted by atomic mass is 9.88. The summed E-state index contributed by atoms with van der Waals surface area (Å²) in [4.78, 5) is 29.1. The highest BCUT2D eigenvalue weighted by atomic mass is 32.1. The predicted octanol–water partition coefficient (Wildman–Crippen LogP) is 3.66. The largest absolute Gasteiger partial charge is 0.449 e. The number of anilines is 1. The predicted molar refractivity (Wildman–Crippen MR) is 114 cm³/mol. The van der Waals surface area contributed by atoms with Crippen LogP contribution >= 0.6 is 11.3 Å². The third-order valence-corrected chi connectivity index (χ3v) is 6.35. The Morgan fingerprint density at radius 3 is 2.97 bits per heavy atom. The molecular formula is C22H22N4O3S. The van der Waals surface area contributed by atoms with E-state index < -0.39 is 0 Å². The maximum Gasteiger partial charge on any atom is 0.407 e. The van der Waals surface area contributed by atoms with Gasteiger partial charge in [0.05, 0.1) is 12.2 Å². The third-order valence-electron chi connectivity index (χ3n) is 5.18. The lowest BCUT2D eigenvalue weighted by Gasteiger charge is -2.21. The molecule has 0 aromatic carbocycles. The highest BCUT2D eigenvalue weighted by molar-refractivity contribution is 7.16. The molecule has 2 aromatic heterocycles. The first kappa shape index (κ1) is 20.1. The Kier molecular flexibility index (Phi) is 6.10. The van der Waals surface area contributed by atoms with Crippen LogP contribution in [0.15, 0.2) is 30.6 Å². The van der Waals surface area contributed by atoms with Gasteiger partial charge in [-0.3, -0.25) is 9.78 Å². The summed E-state index contributed by atoms with van der Waals surface area (Å²) in [5.74, 6) is -0.0627. The Morgan fingerprint density at radius 1 is 1.37 bits per heavy atom. The fourth-order valence-corrected chi connectivity index (χ4v) is 4.75. The number of hydrogen-bond acceptors (Lipinski definition) is 6. The lowest BCUT2D eigenvalue weighted by Crippen LogP contribution is -2.29. The molecule has 2 aliphatic rings. The topological polar surface area (TPSA) is 104 Å². The molecule has 1 fully saturated rings. The fourth-order valence-electron chi connectivity index (χ4n) is 3.43. The van der Waals surface area contributed by atoms with Gasteiger partial charge >= 0.3 is 6.09 Å². The molecule has 1 unspecified atom stereocenters. The average molecular weight is 423 g/mol. The number of thiophene rings is 1. The summed E-state index contributed by atoms with van der Waals surface area (Å²) in [5, 5.41) is 15.9. The number of pyridine rings is 1. The van der Waals surface area contributed by atoms with Gasteiger partial charge in [-0.2, -0.15) is 5.26 Å². The van der Waals surface area contributed by atoms with Crippen LogP contribution in [-0.2, 0) is 22.4 Å². The zero-order chi connectivity index (χ0) is 20.9. The lowest BCUT2D eigenvalue weighted by molar-refractivity contribution is -0.111. The van der Waals surface area contributed by atoms with Crippen LogP contribution in [0.4, 0.5) is 9.80 Å². The molecule has 4 rings (SSSR count). The summed E-state index contributed by atoms with van der Waals surface area (Å²) in [6, 6.07) is 6.18. The van der Waals surface area contributed by atoms with Crippen molar-refractivity contribution in [2.75, 3.05) is 11.9 Å². The van der Waals surface area contributed by atoms with E-state index in [-0.39, 0.29) is 24.0 Å². The summed E-state index contributed by atoms with van der Waals surface area (Å²) in [5.41, 5.74) is 2.38. The van der Waals surface area contributed by atoms with Crippen LogP contribution in [0.5, 0.6) is 0 Å². The van der Waals surface area contributed by atoms with E-state index in [2.05, 4.69) is 21.7 Å². The molecule has 7 nitrogen and oxygen atoms in total. The molecule has 2 heterocycles. The van der Waals surface area contributed by atoms with E-state index in [4.69, 9.17) is 4.74 Å². The Labute approximate surface area is 178 Å². The Bertz CT molecular complexity index is 1010. The normalized spacial score (nSPS) is 17.8. The molecule has 2 amide bonds. The van der Waals surface area contributed by atoms with Gasteiger partial charge in [0.15, 0.2) is 0 Å². The van der Waals surface area contributed by atoms with Gasteiger partial charge in [-0.25, -0.2) is 4.79 Å². The second-order valence-electron chi connectivity index (χ2n) is 7.55. The molecule has 2 N–H and O–H groups in total. The van der Waals surface area contributed by atoms with Crippen molar-refractivity contribution < 1.29 is 14.3 Å². The number of rotatable bonds is 6. The second kappa shape index (κ2) is 9.09. The van der Waals surface area contributed by atoms with Crippen LogP contribution in [0.3, 0.4) is 0 Å². The van der Waals surface area contributed by atoms with Crippen LogP contribution in [0.25, 0.3) is 6.08 Å². The number of carbonyl (C=O) groups excluding carboxylic acids is 2. The van der Waals surface area contributed by atoms with Gasteiger partial charge in [0.2, 0.25) is 5.91 Å². The SMILES string of the molecule is N#Cc1c(NC(=O)/C=C/c2cccnc2)sc2c1CCC(COC(=O)NC1CC1)C2. The Morgan fingerprint density at radius 2 is 2.23 bits per heavy atom. The van der Waals surface area contributed by atoms with E-state index in [1.807, 2.05) is 6.07 Å². The zero-order valence-corrected chi connectivity index (χ0v) is 17.2. The minimum Gasteiger partial charge on any atom is -0.449 e. The van der Waals surface area contributed by atoms with Crippen molar-refractivity contribution in [3.8, 4) is 6.07 Å². The molecular weight excluding hydrogens is 400 g/mol. The van der Waals surface area contributed by atoms with Crippen molar-refractivity contribution >= 4 is 34.4 Å². The van der Waals surface area contributed by atoms with Crippen LogP contribution in [0, 0.1) is 17.2 Å². The van der Waals surface area contributed by atoms with Crippen molar-refractivity contribution in [2.45, 2.75) is 38.1 Å². The summed E-state index contributed by atoms with van der Waals surface area (Å²) >= 11 is 1.44. The summed E-state index contributed by atoms with van der Waals surface area (Å²) in [6.45, 7) is 0.368. The molecule has 1 saturated carbocycles. The molecule has 0 aliphatic heterocycles. The monoisotopic (exact) mass is 422 g/mol. The first-order valence-corrected chi connectivity index (χ1v) is 10.8. The number of carbonyl (C=O) groups is 2. The number of alkyl carbamates (subject to hydrolysis) is 1. The molecule has 154 valence electrons. The van der Waals surface area contributed by atoms with E-state index in [0.29, 0.717) is 17.2 Å². The number of ether oxygens (including phenoxy) is 1. The Balaban J connectivity index is 1.37. The smallest absolute Gasteiger partial charge is 0.407 e. The number of amides is 2. The number of fused-ring (bicyclic) bond motifs is 1. The minimum atomic E-state index is -0.347. The van der Waals surface area contributed by atoms with Crippen molar-refractivity contribution in [3.63, 3.8) is 0 Å². The van der Waals surface area contributed by atoms with Gasteiger partial charge in [0.1, 0.15) is 11.1 Å². The number of nitrogens with zero attached hydrogens (tertiary/aromatic N) is 2. The molecule has 1 atom stereocenters. The molecule has 0 bridgehead atoms. The molecule has 0 radical (unpaired) electrons. The van der Waals surface area contributed by atoms with E-state index in [1.54, 1.807) is 24.5 Å². The van der Waals surface area contributed by atoms with Gasteiger partial charge in [-0.1, -0.05) is 6.07 Å². The quantitative estimate of drug-likeness (QED) is 0.692. The van der Waals surface area contributed by atoms with E-state index in [0.717, 1.165) is 48.1 Å². The van der Waals surface area contributed by atoms with E-state index in [1.165, 1.54) is 17.4 Å². The average Bonchev–Trinajstić information content (AvgIpc) is 3.50. The number of hydrogen-bond donors (Lipinski definition) is 2. The van der Waals surface area contributed by atoms with Gasteiger partial charge in [0, 0.05) is 29.4 Å². The van der Waals surface area contributed by atoms with Crippen molar-refractivity contribution in [1.82, 2.24) is 10.3 Å². The maximum atomic E-state index is 12.3. The van der Waals surface area contributed by atoms with Gasteiger partial charge in [-0.15, -0.1) is 11.3 Å². The van der Waals surface area contributed by atoms with Gasteiger partial charge in [-0.05, 0) is 61.3 Å². The third kappa shape index (κ3) is 5.05. The summed E-state index contributed by atoms with van der Waals surface area (Å²) in [7, 11) is 0. The van der Waals surface area contributed by atoms with Crippen LogP contribution < -0.4 is 10.6 Å². The van der Waals surface area contributed by atoms with Crippen LogP contribution in [-0.4, -0.2) is 29.6 Å². The molecule has 0 spiro atoms. The summed E-state index contributed by atoms with van der Waals surface area (Å²) < 4.78 is 5.35. The van der Waals surface area contributed by atoms with E-state index in [9.17, 15) is 14.9 Å². The first-order chi connectivity index (χ1) is 14.6. The van der Waals surface area contributed by atoms with Crippen molar-refractivity contribution in [1.29, 1.82) is 5.26 Å². The number of nitrogens with one attached hydrogen (secondary N) is 2. The van der Waals surface area contributed by atoms with Gasteiger partial charge < -0.3 is 15.4 Å². The van der Waals surface area contributed by atoms with Crippen LogP contribution in [0.2, 0.25) is 0 Å². The number of nitriles is 1. The number of aromatic nitrogens is 1. The molecule has 2 aromatic rings. The minimum absolute atomic E-state index is 0.224. The molecule has 8 heteroatoms. The van der Waals surface area contributed by atoms with Crippen molar-refractivity contribution in [2.24, 2.45) is 5.92 Å². The second-order valence-corrected chi connectivity index (χ2v) is 8.66.